The van der Waals surface area contributed by atoms with Crippen molar-refractivity contribution in [3.8, 4) is 5.88 Å². The van der Waals surface area contributed by atoms with E-state index in [9.17, 15) is 9.90 Å². The summed E-state index contributed by atoms with van der Waals surface area (Å²) in [5.41, 5.74) is -0.520. The maximum absolute atomic E-state index is 11.8. The predicted octanol–water partition coefficient (Wildman–Crippen LogP) is -0.0286. The number of hydrogen-bond donors (Lipinski definition) is 2. The number of ether oxygens (including phenoxy) is 2. The number of amides is 1. The molecule has 2 heterocycles. The van der Waals surface area contributed by atoms with Crippen molar-refractivity contribution in [2.75, 3.05) is 26.9 Å². The molecular formula is C12H16N2O4. The third-order valence-corrected chi connectivity index (χ3v) is 2.87. The highest BCUT2D eigenvalue weighted by molar-refractivity contribution is 5.93. The van der Waals surface area contributed by atoms with Gasteiger partial charge in [-0.1, -0.05) is 0 Å². The van der Waals surface area contributed by atoms with E-state index in [0.717, 1.165) is 0 Å². The van der Waals surface area contributed by atoms with E-state index in [2.05, 4.69) is 10.3 Å². The van der Waals surface area contributed by atoms with E-state index in [-0.39, 0.29) is 19.1 Å². The molecule has 1 unspecified atom stereocenters. The van der Waals surface area contributed by atoms with Crippen LogP contribution in [-0.2, 0) is 4.74 Å². The molecule has 1 atom stereocenters. The number of carbonyl (C=O) groups is 1. The van der Waals surface area contributed by atoms with Gasteiger partial charge in [0.05, 0.1) is 19.3 Å². The fourth-order valence-electron chi connectivity index (χ4n) is 1.72. The zero-order valence-corrected chi connectivity index (χ0v) is 10.2. The Morgan fingerprint density at radius 3 is 3.06 bits per heavy atom. The molecule has 18 heavy (non-hydrogen) atoms. The summed E-state index contributed by atoms with van der Waals surface area (Å²) in [6, 6.07) is 3.23. The van der Waals surface area contributed by atoms with Gasteiger partial charge in [-0.25, -0.2) is 4.98 Å². The number of hydrogen-bond acceptors (Lipinski definition) is 5. The highest BCUT2D eigenvalue weighted by Gasteiger charge is 2.32. The highest BCUT2D eigenvalue weighted by atomic mass is 16.5. The average molecular weight is 252 g/mol. The lowest BCUT2D eigenvalue weighted by Gasteiger charge is -2.20. The molecule has 0 aromatic carbocycles. The second-order valence-electron chi connectivity index (χ2n) is 4.30. The average Bonchev–Trinajstić information content (AvgIpc) is 2.83. The van der Waals surface area contributed by atoms with Crippen LogP contribution < -0.4 is 10.1 Å². The number of pyridine rings is 1. The van der Waals surface area contributed by atoms with E-state index in [1.54, 1.807) is 12.1 Å². The fraction of sp³-hybridized carbons (Fsp3) is 0.500. The summed E-state index contributed by atoms with van der Waals surface area (Å²) in [6.45, 7) is 0.961. The molecule has 0 spiro atoms. The molecule has 1 aliphatic rings. The van der Waals surface area contributed by atoms with Gasteiger partial charge >= 0.3 is 0 Å². The first-order valence-corrected chi connectivity index (χ1v) is 5.71. The maximum atomic E-state index is 11.8. The quantitative estimate of drug-likeness (QED) is 0.786. The second kappa shape index (κ2) is 5.32. The zero-order chi connectivity index (χ0) is 13.0. The van der Waals surface area contributed by atoms with Crippen molar-refractivity contribution in [2.45, 2.75) is 12.0 Å². The number of nitrogens with zero attached hydrogens (tertiary/aromatic N) is 1. The molecule has 0 bridgehead atoms. The van der Waals surface area contributed by atoms with E-state index in [1.807, 2.05) is 0 Å². The summed E-state index contributed by atoms with van der Waals surface area (Å²) < 4.78 is 10.0. The third-order valence-electron chi connectivity index (χ3n) is 2.87. The van der Waals surface area contributed by atoms with Crippen LogP contribution in [0.5, 0.6) is 5.88 Å². The van der Waals surface area contributed by atoms with Gasteiger partial charge in [0.2, 0.25) is 5.88 Å². The molecule has 1 amide bonds. The van der Waals surface area contributed by atoms with Crippen LogP contribution >= 0.6 is 0 Å². The number of rotatable bonds is 4. The summed E-state index contributed by atoms with van der Waals surface area (Å²) in [5.74, 6) is 0.180. The largest absolute Gasteiger partial charge is 0.481 e. The van der Waals surface area contributed by atoms with Crippen molar-refractivity contribution in [2.24, 2.45) is 0 Å². The fourth-order valence-corrected chi connectivity index (χ4v) is 1.72. The number of carbonyl (C=O) groups excluding carboxylic acids is 1. The van der Waals surface area contributed by atoms with Gasteiger partial charge in [-0.2, -0.15) is 0 Å². The normalized spacial score (nSPS) is 22.8. The van der Waals surface area contributed by atoms with Crippen molar-refractivity contribution in [1.29, 1.82) is 0 Å². The summed E-state index contributed by atoms with van der Waals surface area (Å²) in [6.07, 6.45) is 1.97. The van der Waals surface area contributed by atoms with Gasteiger partial charge < -0.3 is 19.9 Å². The van der Waals surface area contributed by atoms with Crippen molar-refractivity contribution in [1.82, 2.24) is 10.3 Å². The minimum Gasteiger partial charge on any atom is -0.481 e. The minimum absolute atomic E-state index is 0.178. The van der Waals surface area contributed by atoms with E-state index in [1.165, 1.54) is 13.3 Å². The summed E-state index contributed by atoms with van der Waals surface area (Å²) in [4.78, 5) is 15.7. The van der Waals surface area contributed by atoms with Crippen LogP contribution in [0.25, 0.3) is 0 Å². The van der Waals surface area contributed by atoms with Crippen molar-refractivity contribution in [3.05, 3.63) is 23.9 Å². The SMILES string of the molecule is COc1ccc(C(=O)NCC2(O)CCOC2)cn1. The first-order chi connectivity index (χ1) is 8.63. The molecular weight excluding hydrogens is 236 g/mol. The lowest BCUT2D eigenvalue weighted by atomic mass is 10.0. The molecule has 0 saturated carbocycles. The van der Waals surface area contributed by atoms with E-state index < -0.39 is 5.60 Å². The van der Waals surface area contributed by atoms with Crippen molar-refractivity contribution < 1.29 is 19.4 Å². The Kier molecular flexibility index (Phi) is 3.78. The molecule has 0 aliphatic carbocycles. The zero-order valence-electron chi connectivity index (χ0n) is 10.2. The van der Waals surface area contributed by atoms with E-state index in [0.29, 0.717) is 24.5 Å². The first kappa shape index (κ1) is 12.8. The monoisotopic (exact) mass is 252 g/mol. The van der Waals surface area contributed by atoms with Gasteiger partial charge in [0.1, 0.15) is 5.60 Å². The number of methoxy groups -OCH3 is 1. The Hall–Kier alpha value is -1.66. The Morgan fingerprint density at radius 2 is 2.50 bits per heavy atom. The molecule has 2 N–H and O–H groups in total. The Labute approximate surface area is 105 Å². The molecule has 2 rings (SSSR count). The molecule has 1 aromatic heterocycles. The number of aliphatic hydroxyl groups is 1. The van der Waals surface area contributed by atoms with Gasteiger partial charge in [-0.3, -0.25) is 4.79 Å². The lowest BCUT2D eigenvalue weighted by Crippen LogP contribution is -2.43. The van der Waals surface area contributed by atoms with Crippen LogP contribution in [-0.4, -0.2) is 48.5 Å². The van der Waals surface area contributed by atoms with Gasteiger partial charge in [0, 0.05) is 31.8 Å². The van der Waals surface area contributed by atoms with Crippen LogP contribution in [0.1, 0.15) is 16.8 Å². The van der Waals surface area contributed by atoms with Gasteiger partial charge in [0.15, 0.2) is 0 Å². The smallest absolute Gasteiger partial charge is 0.252 e. The summed E-state index contributed by atoms with van der Waals surface area (Å²) in [7, 11) is 1.51. The van der Waals surface area contributed by atoms with Gasteiger partial charge in [0.25, 0.3) is 5.91 Å². The number of nitrogens with one attached hydrogen (secondary N) is 1. The molecule has 1 aliphatic heterocycles. The summed E-state index contributed by atoms with van der Waals surface area (Å²) in [5, 5.41) is 12.7. The number of aromatic nitrogens is 1. The predicted molar refractivity (Wildman–Crippen MR) is 63.5 cm³/mol. The first-order valence-electron chi connectivity index (χ1n) is 5.71. The van der Waals surface area contributed by atoms with Crippen LogP contribution in [0.3, 0.4) is 0 Å². The standard InChI is InChI=1S/C12H16N2O4/c1-17-10-3-2-9(6-13-10)11(15)14-7-12(16)4-5-18-8-12/h2-3,6,16H,4-5,7-8H2,1H3,(H,14,15). The van der Waals surface area contributed by atoms with Crippen LogP contribution in [0.2, 0.25) is 0 Å². The van der Waals surface area contributed by atoms with E-state index in [4.69, 9.17) is 9.47 Å². The van der Waals surface area contributed by atoms with Crippen LogP contribution in [0, 0.1) is 0 Å². The Bertz CT molecular complexity index is 413. The molecule has 1 saturated heterocycles. The van der Waals surface area contributed by atoms with E-state index >= 15 is 0 Å². The van der Waals surface area contributed by atoms with Crippen molar-refractivity contribution in [3.63, 3.8) is 0 Å². The maximum Gasteiger partial charge on any atom is 0.252 e. The molecule has 98 valence electrons. The highest BCUT2D eigenvalue weighted by Crippen LogP contribution is 2.17. The van der Waals surface area contributed by atoms with Gasteiger partial charge in [-0.15, -0.1) is 0 Å². The molecule has 1 aromatic rings. The topological polar surface area (TPSA) is 80.7 Å². The van der Waals surface area contributed by atoms with Crippen LogP contribution in [0.4, 0.5) is 0 Å². The lowest BCUT2D eigenvalue weighted by molar-refractivity contribution is 0.0264. The molecule has 0 radical (unpaired) electrons. The molecule has 6 nitrogen and oxygen atoms in total. The minimum atomic E-state index is -0.949. The third kappa shape index (κ3) is 2.96. The van der Waals surface area contributed by atoms with Gasteiger partial charge in [-0.05, 0) is 6.07 Å². The Balaban J connectivity index is 1.90. The molecule has 1 fully saturated rings. The summed E-state index contributed by atoms with van der Waals surface area (Å²) >= 11 is 0. The second-order valence-corrected chi connectivity index (χ2v) is 4.30. The van der Waals surface area contributed by atoms with Crippen LogP contribution in [0.15, 0.2) is 18.3 Å². The van der Waals surface area contributed by atoms with Crippen molar-refractivity contribution >= 4 is 5.91 Å². The molecule has 6 heteroatoms. The Morgan fingerprint density at radius 1 is 1.67 bits per heavy atom.